The molecule has 513 valence electrons. The molecule has 9 heteroatoms. The maximum absolute atomic E-state index is 7.41. The second kappa shape index (κ2) is 41.5. The van der Waals surface area contributed by atoms with Gasteiger partial charge in [-0.05, 0) is 126 Å². The van der Waals surface area contributed by atoms with E-state index in [0.717, 1.165) is 51.5 Å². The zero-order valence-corrected chi connectivity index (χ0v) is 63.6. The van der Waals surface area contributed by atoms with Gasteiger partial charge in [0, 0.05) is 131 Å². The monoisotopic (exact) mass is 1870 g/mol. The van der Waals surface area contributed by atoms with Gasteiger partial charge >= 0.3 is 0 Å². The molecular formula is C93H78Ir3N6-6. The normalized spacial score (nSPS) is 12.2. The van der Waals surface area contributed by atoms with Gasteiger partial charge in [-0.2, -0.15) is 0 Å². The van der Waals surface area contributed by atoms with E-state index in [1.54, 1.807) is 37.4 Å². The summed E-state index contributed by atoms with van der Waals surface area (Å²) in [7, 11) is 0. The average molecular weight is 1870 g/mol. The first-order chi connectivity index (χ1) is 53.3. The molecule has 0 bridgehead atoms. The molecule has 0 saturated carbocycles. The molecule has 0 fully saturated rings. The fourth-order valence-electron chi connectivity index (χ4n) is 10.2. The van der Waals surface area contributed by atoms with E-state index in [-0.39, 0.29) is 82.6 Å². The molecule has 0 saturated heterocycles. The first-order valence-corrected chi connectivity index (χ1v) is 32.2. The number of hydrogen-bond donors (Lipinski definition) is 0. The average Bonchev–Trinajstić information content (AvgIpc) is 0.850. The summed E-state index contributed by atoms with van der Waals surface area (Å²) in [6.45, 7) is -0.557. The Bertz CT molecular complexity index is 5160. The minimum absolute atomic E-state index is 0. The van der Waals surface area contributed by atoms with Crippen molar-refractivity contribution in [3.05, 3.63) is 397 Å². The Kier molecular flexibility index (Phi) is 25.6. The summed E-state index contributed by atoms with van der Waals surface area (Å²) >= 11 is 0. The molecule has 0 aliphatic carbocycles. The van der Waals surface area contributed by atoms with Crippen LogP contribution in [0.4, 0.5) is 0 Å². The van der Waals surface area contributed by atoms with Gasteiger partial charge < -0.3 is 29.9 Å². The SMILES string of the molecule is CCc1cc(-c2[c-]cccc2)ncc1-c1ccccc1.Cc1cc(-c2[c-]cccc2)ncc1-c1ccccc1.Cc1cc(-c2[c-]cccc2)ncc1-c1ccccc1.[2H]C([2H])([2H])c1c[c-]c(-c2cc(C)c(C([2H])([2H])[2H])cn2)cc1.[2H]C([2H])([2H])c1c[c-]c(-c2ccc(C([2H])([2H])[2H])cn2)cc1.[Ir].[Ir].[Ir].[c-]1ccccc1-c1ccccn1. The number of rotatable bonds is 10. The molecule has 6 nitrogen and oxygen atoms in total. The molecule has 6 aromatic heterocycles. The van der Waals surface area contributed by atoms with Crippen LogP contribution in [-0.2, 0) is 66.7 Å². The molecule has 15 rings (SSSR count). The molecule has 6 heterocycles. The molecular weight excluding hydrogens is 1780 g/mol. The van der Waals surface area contributed by atoms with Gasteiger partial charge in [0.25, 0.3) is 0 Å². The molecule has 0 amide bonds. The quantitative estimate of drug-likeness (QED) is 0.127. The summed E-state index contributed by atoms with van der Waals surface area (Å²) in [5.41, 5.74) is 22.8. The van der Waals surface area contributed by atoms with Crippen LogP contribution in [0.3, 0.4) is 0 Å². The standard InChI is InChI=1S/C19H16N.2C18H14N.C14H14N.C13H12N.C11H8N.3Ir/c1-2-15-13-19(17-11-7-4-8-12-17)20-14-18(15)16-9-5-3-6-10-16;2*1-14-12-18(16-10-6-3-7-11-16)19-13-17(14)15-8-4-2-5-9-15;1-10-4-6-13(7-5-10)14-8-11(2)12(3)9-15-14;1-10-3-6-12(7-4-10)13-8-5-11(2)9-14-13;1-2-6-10(7-3-1)11-8-4-5-9-12-11;;;/h3-11,13-14H,2H2,1H3;2*2-10,12-13H,1H3;4-6,8-9H,1-3H3;3-6,8-9H,1-2H3;1-6,8-9H;;;/q6*-1;;;/i;;;1D3,3D3;1D3,2D3;;;;. The van der Waals surface area contributed by atoms with Crippen molar-refractivity contribution in [1.82, 2.24) is 29.9 Å². The zero-order chi connectivity index (χ0) is 79.0. The minimum Gasteiger partial charge on any atom is -0.305 e. The Labute approximate surface area is 661 Å². The Morgan fingerprint density at radius 3 is 1.01 bits per heavy atom. The van der Waals surface area contributed by atoms with Crippen molar-refractivity contribution in [3.8, 4) is 101 Å². The summed E-state index contributed by atoms with van der Waals surface area (Å²) < 4.78 is 87.8. The molecule has 0 atom stereocenters. The molecule has 0 N–H and O–H groups in total. The van der Waals surface area contributed by atoms with Crippen molar-refractivity contribution in [2.45, 2.75) is 61.5 Å². The Morgan fingerprint density at radius 1 is 0.284 bits per heavy atom. The second-order valence-electron chi connectivity index (χ2n) is 22.6. The molecule has 3 radical (unpaired) electrons. The third-order valence-corrected chi connectivity index (χ3v) is 15.5. The number of benzene rings is 9. The third-order valence-electron chi connectivity index (χ3n) is 15.5. The van der Waals surface area contributed by atoms with E-state index in [0.29, 0.717) is 28.1 Å². The molecule has 15 aromatic rings. The van der Waals surface area contributed by atoms with Crippen molar-refractivity contribution in [1.29, 1.82) is 0 Å². The summed E-state index contributed by atoms with van der Waals surface area (Å²) in [5, 5.41) is 0. The number of aryl methyl sites for hydroxylation is 8. The maximum atomic E-state index is 7.41. The Morgan fingerprint density at radius 2 is 0.647 bits per heavy atom. The van der Waals surface area contributed by atoms with Gasteiger partial charge in [0.1, 0.15) is 0 Å². The number of aromatic nitrogens is 6. The second-order valence-corrected chi connectivity index (χ2v) is 22.6. The number of hydrogen-bond acceptors (Lipinski definition) is 6. The minimum atomic E-state index is -2.19. The van der Waals surface area contributed by atoms with E-state index in [9.17, 15) is 0 Å². The third kappa shape index (κ3) is 23.5. The van der Waals surface area contributed by atoms with Gasteiger partial charge in [-0.3, -0.25) is 0 Å². The summed E-state index contributed by atoms with van der Waals surface area (Å²) in [5.74, 6) is 0. The van der Waals surface area contributed by atoms with Crippen LogP contribution < -0.4 is 0 Å². The maximum Gasteiger partial charge on any atom is 0.0280 e. The van der Waals surface area contributed by atoms with Crippen molar-refractivity contribution in [2.24, 2.45) is 0 Å². The fourth-order valence-corrected chi connectivity index (χ4v) is 10.2. The van der Waals surface area contributed by atoms with Gasteiger partial charge in [0.2, 0.25) is 0 Å². The van der Waals surface area contributed by atoms with Crippen molar-refractivity contribution >= 4 is 0 Å². The largest absolute Gasteiger partial charge is 0.305 e. The van der Waals surface area contributed by atoms with Crippen LogP contribution in [-0.4, -0.2) is 29.9 Å². The summed E-state index contributed by atoms with van der Waals surface area (Å²) in [6, 6.07) is 107. The van der Waals surface area contributed by atoms with E-state index in [2.05, 4.69) is 154 Å². The molecule has 9 aromatic carbocycles. The molecule has 0 spiro atoms. The fraction of sp³-hybridized carbons (Fsp3) is 0.0968. The smallest absolute Gasteiger partial charge is 0.0280 e. The van der Waals surface area contributed by atoms with E-state index >= 15 is 0 Å². The Balaban J connectivity index is 0.000000190. The van der Waals surface area contributed by atoms with E-state index in [1.807, 2.05) is 176 Å². The topological polar surface area (TPSA) is 77.3 Å². The van der Waals surface area contributed by atoms with Crippen LogP contribution in [0.1, 0.15) is 67.9 Å². The van der Waals surface area contributed by atoms with E-state index in [4.69, 9.17) is 16.4 Å². The Hall–Kier alpha value is -10.2. The first kappa shape index (κ1) is 62.8. The van der Waals surface area contributed by atoms with Gasteiger partial charge in [-0.1, -0.05) is 166 Å². The van der Waals surface area contributed by atoms with Crippen LogP contribution >= 0.6 is 0 Å². The van der Waals surface area contributed by atoms with Crippen LogP contribution in [0, 0.1) is 84.6 Å². The van der Waals surface area contributed by atoms with Crippen molar-refractivity contribution in [2.75, 3.05) is 0 Å². The van der Waals surface area contributed by atoms with E-state index < -0.39 is 27.4 Å². The van der Waals surface area contributed by atoms with Gasteiger partial charge in [0.15, 0.2) is 0 Å². The van der Waals surface area contributed by atoms with Gasteiger partial charge in [0.05, 0.1) is 0 Å². The van der Waals surface area contributed by atoms with Crippen molar-refractivity contribution in [3.63, 3.8) is 0 Å². The molecule has 102 heavy (non-hydrogen) atoms. The van der Waals surface area contributed by atoms with E-state index in [1.165, 1.54) is 92.8 Å². The number of pyridine rings is 6. The zero-order valence-electron chi connectivity index (χ0n) is 68.4. The van der Waals surface area contributed by atoms with Crippen LogP contribution in [0.5, 0.6) is 0 Å². The predicted molar refractivity (Wildman–Crippen MR) is 410 cm³/mol. The predicted octanol–water partition coefficient (Wildman–Crippen LogP) is 23.0. The van der Waals surface area contributed by atoms with Crippen LogP contribution in [0.15, 0.2) is 316 Å². The van der Waals surface area contributed by atoms with Crippen molar-refractivity contribution < 1.29 is 76.8 Å². The van der Waals surface area contributed by atoms with Crippen LogP contribution in [0.2, 0.25) is 0 Å². The first-order valence-electron chi connectivity index (χ1n) is 38.2. The summed E-state index contributed by atoms with van der Waals surface area (Å²) in [4.78, 5) is 26.1. The van der Waals surface area contributed by atoms with Gasteiger partial charge in [-0.25, -0.2) is 0 Å². The van der Waals surface area contributed by atoms with Crippen LogP contribution in [0.25, 0.3) is 101 Å². The number of nitrogens with zero attached hydrogens (tertiary/aromatic N) is 6. The molecule has 0 aliphatic rings. The molecule has 0 unspecified atom stereocenters. The summed E-state index contributed by atoms with van der Waals surface area (Å²) in [6.07, 6.45) is 11.3. The van der Waals surface area contributed by atoms with Gasteiger partial charge in [-0.15, -0.1) is 214 Å². The molecule has 0 aliphatic heterocycles.